The first kappa shape index (κ1) is 19.9. The van der Waals surface area contributed by atoms with Crippen LogP contribution in [0.5, 0.6) is 0 Å². The number of carbonyl (C=O) groups excluding carboxylic acids is 2. The van der Waals surface area contributed by atoms with Crippen LogP contribution in [0.15, 0.2) is 48.5 Å². The summed E-state index contributed by atoms with van der Waals surface area (Å²) in [4.78, 5) is 26.8. The van der Waals surface area contributed by atoms with Gasteiger partial charge in [0.05, 0.1) is 0 Å². The third-order valence-corrected chi connectivity index (χ3v) is 5.53. The van der Waals surface area contributed by atoms with Crippen molar-refractivity contribution in [2.24, 2.45) is 0 Å². The fourth-order valence-electron chi connectivity index (χ4n) is 3.77. The normalized spacial score (nSPS) is 14.5. The smallest absolute Gasteiger partial charge is 0.253 e. The van der Waals surface area contributed by atoms with Crippen molar-refractivity contribution in [3.8, 4) is 0 Å². The van der Waals surface area contributed by atoms with Crippen molar-refractivity contribution in [2.75, 3.05) is 18.1 Å². The largest absolute Gasteiger partial charge is 0.399 e. The summed E-state index contributed by atoms with van der Waals surface area (Å²) in [5, 5.41) is 2.89. The van der Waals surface area contributed by atoms with Gasteiger partial charge in [-0.15, -0.1) is 0 Å². The molecule has 3 N–H and O–H groups in total. The molecule has 0 unspecified atom stereocenters. The Morgan fingerprint density at radius 1 is 1.04 bits per heavy atom. The Morgan fingerprint density at radius 2 is 1.71 bits per heavy atom. The number of nitrogens with one attached hydrogen (secondary N) is 1. The molecule has 1 aliphatic rings. The molecule has 0 saturated heterocycles. The van der Waals surface area contributed by atoms with Gasteiger partial charge in [-0.25, -0.2) is 0 Å². The van der Waals surface area contributed by atoms with Crippen LogP contribution >= 0.6 is 0 Å². The number of hydrogen-bond donors (Lipinski definition) is 2. The number of nitrogen functional groups attached to an aromatic ring is 1. The Hall–Kier alpha value is -2.82. The second-order valence-electron chi connectivity index (χ2n) is 7.53. The molecule has 3 rings (SSSR count). The lowest BCUT2D eigenvalue weighted by atomic mass is 9.94. The van der Waals surface area contributed by atoms with Crippen LogP contribution in [0.2, 0.25) is 0 Å². The van der Waals surface area contributed by atoms with E-state index in [1.807, 2.05) is 36.2 Å². The Bertz CT molecular complexity index is 811. The monoisotopic (exact) mass is 379 g/mol. The average Bonchev–Trinajstić information content (AvgIpc) is 2.73. The van der Waals surface area contributed by atoms with Gasteiger partial charge in [0.25, 0.3) is 5.91 Å². The zero-order valence-corrected chi connectivity index (χ0v) is 16.5. The van der Waals surface area contributed by atoms with E-state index < -0.39 is 0 Å². The molecule has 5 nitrogen and oxygen atoms in total. The predicted octanol–water partition coefficient (Wildman–Crippen LogP) is 4.24. The number of amides is 2. The summed E-state index contributed by atoms with van der Waals surface area (Å²) in [6.45, 7) is 0. The summed E-state index contributed by atoms with van der Waals surface area (Å²) in [6.07, 6.45) is 6.79. The van der Waals surface area contributed by atoms with Crippen LogP contribution < -0.4 is 11.1 Å². The van der Waals surface area contributed by atoms with E-state index >= 15 is 0 Å². The second kappa shape index (κ2) is 9.40. The number of nitrogens with two attached hydrogens (primary N) is 1. The molecule has 0 spiro atoms. The van der Waals surface area contributed by atoms with E-state index in [4.69, 9.17) is 5.73 Å². The number of nitrogens with zero attached hydrogens (tertiary/aromatic N) is 1. The highest BCUT2D eigenvalue weighted by Gasteiger charge is 2.22. The van der Waals surface area contributed by atoms with Gasteiger partial charge in [0, 0.05) is 36.4 Å². The number of benzene rings is 2. The van der Waals surface area contributed by atoms with E-state index in [0.717, 1.165) is 18.4 Å². The Kier molecular flexibility index (Phi) is 6.69. The molecule has 0 aromatic heterocycles. The molecule has 2 amide bonds. The molecule has 5 heteroatoms. The third-order valence-electron chi connectivity index (χ3n) is 5.53. The van der Waals surface area contributed by atoms with Crippen LogP contribution in [-0.4, -0.2) is 29.8 Å². The van der Waals surface area contributed by atoms with Crippen molar-refractivity contribution in [1.29, 1.82) is 0 Å². The summed E-state index contributed by atoms with van der Waals surface area (Å²) >= 11 is 0. The lowest BCUT2D eigenvalue weighted by Crippen LogP contribution is -2.38. The Labute approximate surface area is 166 Å². The lowest BCUT2D eigenvalue weighted by molar-refractivity contribution is -0.116. The molecule has 1 fully saturated rings. The number of para-hydroxylation sites is 1. The van der Waals surface area contributed by atoms with Crippen molar-refractivity contribution in [1.82, 2.24) is 4.90 Å². The second-order valence-corrected chi connectivity index (χ2v) is 7.53. The highest BCUT2D eigenvalue weighted by atomic mass is 16.2. The molecular formula is C23H29N3O2. The molecule has 2 aromatic carbocycles. The molecule has 1 aliphatic carbocycles. The zero-order valence-electron chi connectivity index (χ0n) is 16.5. The van der Waals surface area contributed by atoms with Crippen molar-refractivity contribution in [3.05, 3.63) is 59.7 Å². The SMILES string of the molecule is CN(C(=O)c1ccc(NC(=O)CCc2ccccc2N)cc1)C1CCCCC1. The number of aryl methyl sites for hydroxylation is 1. The molecule has 0 heterocycles. The topological polar surface area (TPSA) is 75.4 Å². The molecule has 0 aliphatic heterocycles. The van der Waals surface area contributed by atoms with E-state index in [1.54, 1.807) is 24.3 Å². The van der Waals surface area contributed by atoms with Gasteiger partial charge < -0.3 is 16.0 Å². The summed E-state index contributed by atoms with van der Waals surface area (Å²) in [5.74, 6) is -0.0222. The maximum Gasteiger partial charge on any atom is 0.253 e. The minimum atomic E-state index is -0.0679. The molecular weight excluding hydrogens is 350 g/mol. The first-order valence-corrected chi connectivity index (χ1v) is 10.0. The van der Waals surface area contributed by atoms with E-state index in [-0.39, 0.29) is 11.8 Å². The summed E-state index contributed by atoms with van der Waals surface area (Å²) < 4.78 is 0. The molecule has 0 radical (unpaired) electrons. The van der Waals surface area contributed by atoms with Crippen LogP contribution in [-0.2, 0) is 11.2 Å². The molecule has 2 aromatic rings. The van der Waals surface area contributed by atoms with E-state index in [0.29, 0.717) is 35.8 Å². The van der Waals surface area contributed by atoms with E-state index in [1.165, 1.54) is 19.3 Å². The van der Waals surface area contributed by atoms with Gasteiger partial charge in [-0.3, -0.25) is 9.59 Å². The van der Waals surface area contributed by atoms with Gasteiger partial charge in [0.2, 0.25) is 5.91 Å². The summed E-state index contributed by atoms with van der Waals surface area (Å²) in [6, 6.07) is 15.1. The van der Waals surface area contributed by atoms with E-state index in [2.05, 4.69) is 5.32 Å². The van der Waals surface area contributed by atoms with Gasteiger partial charge in [-0.05, 0) is 55.2 Å². The van der Waals surface area contributed by atoms with Crippen LogP contribution in [0.25, 0.3) is 0 Å². The van der Waals surface area contributed by atoms with Crippen molar-refractivity contribution < 1.29 is 9.59 Å². The van der Waals surface area contributed by atoms with Gasteiger partial charge in [0.15, 0.2) is 0 Å². The summed E-state index contributed by atoms with van der Waals surface area (Å²) in [7, 11) is 1.89. The van der Waals surface area contributed by atoms with Gasteiger partial charge in [-0.1, -0.05) is 37.5 Å². The maximum absolute atomic E-state index is 12.7. The first-order valence-electron chi connectivity index (χ1n) is 10.0. The van der Waals surface area contributed by atoms with Crippen molar-refractivity contribution >= 4 is 23.2 Å². The van der Waals surface area contributed by atoms with E-state index in [9.17, 15) is 9.59 Å². The minimum absolute atomic E-state index is 0.0457. The average molecular weight is 380 g/mol. The zero-order chi connectivity index (χ0) is 19.9. The fraction of sp³-hybridized carbons (Fsp3) is 0.391. The Morgan fingerprint density at radius 3 is 2.39 bits per heavy atom. The Balaban J connectivity index is 1.52. The van der Waals surface area contributed by atoms with Crippen LogP contribution in [0.1, 0.15) is 54.4 Å². The fourth-order valence-corrected chi connectivity index (χ4v) is 3.77. The number of carbonyl (C=O) groups is 2. The number of hydrogen-bond acceptors (Lipinski definition) is 3. The molecule has 0 bridgehead atoms. The number of anilines is 2. The standard InChI is InChI=1S/C23H29N3O2/c1-26(20-8-3-2-4-9-20)23(28)18-11-14-19(15-12-18)25-22(27)16-13-17-7-5-6-10-21(17)24/h5-7,10-12,14-15,20H,2-4,8-9,13,16,24H2,1H3,(H,25,27). The lowest BCUT2D eigenvalue weighted by Gasteiger charge is -2.31. The highest BCUT2D eigenvalue weighted by Crippen LogP contribution is 2.23. The minimum Gasteiger partial charge on any atom is -0.399 e. The first-order chi connectivity index (χ1) is 13.5. The maximum atomic E-state index is 12.7. The van der Waals surface area contributed by atoms with Gasteiger partial charge in [-0.2, -0.15) is 0 Å². The number of rotatable bonds is 6. The molecule has 28 heavy (non-hydrogen) atoms. The van der Waals surface area contributed by atoms with Crippen molar-refractivity contribution in [2.45, 2.75) is 51.0 Å². The highest BCUT2D eigenvalue weighted by molar-refractivity contribution is 5.96. The summed E-state index contributed by atoms with van der Waals surface area (Å²) in [5.41, 5.74) is 8.95. The molecule has 1 saturated carbocycles. The molecule has 0 atom stereocenters. The molecule has 148 valence electrons. The van der Waals surface area contributed by atoms with Crippen LogP contribution in [0, 0.1) is 0 Å². The quantitative estimate of drug-likeness (QED) is 0.737. The predicted molar refractivity (Wildman–Crippen MR) is 113 cm³/mol. The van der Waals surface area contributed by atoms with Gasteiger partial charge >= 0.3 is 0 Å². The van der Waals surface area contributed by atoms with Crippen LogP contribution in [0.3, 0.4) is 0 Å². The van der Waals surface area contributed by atoms with Crippen LogP contribution in [0.4, 0.5) is 11.4 Å². The van der Waals surface area contributed by atoms with Crippen molar-refractivity contribution in [3.63, 3.8) is 0 Å². The van der Waals surface area contributed by atoms with Gasteiger partial charge in [0.1, 0.15) is 0 Å². The third kappa shape index (κ3) is 5.12.